The summed E-state index contributed by atoms with van der Waals surface area (Å²) in [5.74, 6) is 0.727. The maximum Gasteiger partial charge on any atom is 0.239 e. The van der Waals surface area contributed by atoms with Crippen LogP contribution in [0.25, 0.3) is 11.2 Å². The van der Waals surface area contributed by atoms with E-state index >= 15 is 0 Å². The van der Waals surface area contributed by atoms with E-state index in [-0.39, 0.29) is 12.5 Å². The molecule has 4 rings (SSSR count). The molecule has 1 aliphatic heterocycles. The minimum Gasteiger partial charge on any atom is -0.352 e. The van der Waals surface area contributed by atoms with Crippen molar-refractivity contribution in [1.82, 2.24) is 30.2 Å². The van der Waals surface area contributed by atoms with Gasteiger partial charge in [-0.1, -0.05) is 0 Å². The zero-order valence-electron chi connectivity index (χ0n) is 13.9. The van der Waals surface area contributed by atoms with Crippen LogP contribution in [0.3, 0.4) is 0 Å². The van der Waals surface area contributed by atoms with Crippen molar-refractivity contribution in [2.24, 2.45) is 0 Å². The molecule has 0 unspecified atom stereocenters. The molecule has 1 saturated carbocycles. The normalized spacial score (nSPS) is 19.5. The van der Waals surface area contributed by atoms with Crippen LogP contribution in [0, 0.1) is 0 Å². The lowest BCUT2D eigenvalue weighted by molar-refractivity contribution is -0.120. The number of nitrogens with zero attached hydrogens (tertiary/aromatic N) is 5. The van der Waals surface area contributed by atoms with Crippen LogP contribution in [-0.2, 0) is 4.79 Å². The fraction of sp³-hybridized carbons (Fsp3) is 0.625. The predicted octanol–water partition coefficient (Wildman–Crippen LogP) is 0.532. The Morgan fingerprint density at radius 3 is 2.83 bits per heavy atom. The Hall–Kier alpha value is -2.22. The van der Waals surface area contributed by atoms with Gasteiger partial charge < -0.3 is 20.1 Å². The third-order valence-electron chi connectivity index (χ3n) is 4.90. The average Bonchev–Trinajstić information content (AvgIpc) is 3.31. The predicted molar refractivity (Wildman–Crippen MR) is 90.7 cm³/mol. The number of amides is 1. The van der Waals surface area contributed by atoms with Crippen molar-refractivity contribution in [2.45, 2.75) is 37.8 Å². The zero-order valence-corrected chi connectivity index (χ0v) is 13.9. The first-order chi connectivity index (χ1) is 11.7. The van der Waals surface area contributed by atoms with Crippen molar-refractivity contribution in [1.29, 1.82) is 0 Å². The van der Waals surface area contributed by atoms with E-state index in [4.69, 9.17) is 0 Å². The molecule has 0 aromatic carbocycles. The number of likely N-dealkylation sites (tertiary alicyclic amines) is 1. The second-order valence-electron chi connectivity index (χ2n) is 6.76. The highest BCUT2D eigenvalue weighted by molar-refractivity contribution is 5.87. The first kappa shape index (κ1) is 15.3. The highest BCUT2D eigenvalue weighted by Crippen LogP contribution is 2.29. The van der Waals surface area contributed by atoms with E-state index in [1.54, 1.807) is 6.33 Å². The van der Waals surface area contributed by atoms with E-state index < -0.39 is 0 Å². The summed E-state index contributed by atoms with van der Waals surface area (Å²) < 4.78 is 0. The van der Waals surface area contributed by atoms with E-state index in [2.05, 4.69) is 30.2 Å². The van der Waals surface area contributed by atoms with Crippen molar-refractivity contribution in [3.05, 3.63) is 12.7 Å². The molecule has 0 radical (unpaired) electrons. The summed E-state index contributed by atoms with van der Waals surface area (Å²) in [6.45, 7) is 2.48. The molecule has 3 heterocycles. The monoisotopic (exact) mass is 329 g/mol. The van der Waals surface area contributed by atoms with Gasteiger partial charge in [0.05, 0.1) is 12.9 Å². The average molecular weight is 329 g/mol. The van der Waals surface area contributed by atoms with Gasteiger partial charge in [0, 0.05) is 32.2 Å². The van der Waals surface area contributed by atoms with Crippen molar-refractivity contribution in [3.8, 4) is 0 Å². The minimum absolute atomic E-state index is 0.0358. The molecule has 0 spiro atoms. The Morgan fingerprint density at radius 2 is 2.08 bits per heavy atom. The van der Waals surface area contributed by atoms with Crippen molar-refractivity contribution >= 4 is 22.9 Å². The number of hydrogen-bond donors (Lipinski definition) is 2. The fourth-order valence-corrected chi connectivity index (χ4v) is 3.45. The smallest absolute Gasteiger partial charge is 0.239 e. The molecular weight excluding hydrogens is 306 g/mol. The van der Waals surface area contributed by atoms with E-state index in [1.807, 2.05) is 11.9 Å². The topological polar surface area (TPSA) is 90.0 Å². The summed E-state index contributed by atoms with van der Waals surface area (Å²) >= 11 is 0. The van der Waals surface area contributed by atoms with E-state index in [9.17, 15) is 4.79 Å². The number of likely N-dealkylation sites (N-methyl/N-ethyl adjacent to an activating group) is 1. The van der Waals surface area contributed by atoms with Crippen molar-refractivity contribution < 1.29 is 4.79 Å². The summed E-state index contributed by atoms with van der Waals surface area (Å²) in [6, 6.07) is 1.11. The maximum absolute atomic E-state index is 12.4. The van der Waals surface area contributed by atoms with Gasteiger partial charge in [-0.15, -0.1) is 0 Å². The second kappa shape index (κ2) is 6.35. The molecule has 1 amide bonds. The molecular formula is C16H23N7O. The minimum atomic E-state index is 0.0358. The van der Waals surface area contributed by atoms with Gasteiger partial charge in [0.25, 0.3) is 0 Å². The van der Waals surface area contributed by atoms with Gasteiger partial charge in [-0.25, -0.2) is 15.0 Å². The van der Waals surface area contributed by atoms with Crippen LogP contribution in [0.4, 0.5) is 5.82 Å². The molecule has 1 aliphatic carbocycles. The quantitative estimate of drug-likeness (QED) is 0.832. The van der Waals surface area contributed by atoms with Crippen LogP contribution in [0.15, 0.2) is 12.7 Å². The SMILES string of the molecule is CN(CC(=O)NC1CCN(C2CC2)CC1)c1ncnc2nc[nH]c12. The lowest BCUT2D eigenvalue weighted by Gasteiger charge is -2.32. The van der Waals surface area contributed by atoms with E-state index in [0.717, 1.165) is 37.5 Å². The van der Waals surface area contributed by atoms with Crippen molar-refractivity contribution in [3.63, 3.8) is 0 Å². The molecule has 8 heteroatoms. The molecule has 1 saturated heterocycles. The van der Waals surface area contributed by atoms with Crippen LogP contribution in [0.5, 0.6) is 0 Å². The Morgan fingerprint density at radius 1 is 1.29 bits per heavy atom. The van der Waals surface area contributed by atoms with Crippen LogP contribution >= 0.6 is 0 Å². The third-order valence-corrected chi connectivity index (χ3v) is 4.90. The molecule has 0 bridgehead atoms. The summed E-state index contributed by atoms with van der Waals surface area (Å²) in [4.78, 5) is 32.3. The van der Waals surface area contributed by atoms with Crippen LogP contribution in [-0.4, -0.2) is 69.5 Å². The van der Waals surface area contributed by atoms with Gasteiger partial charge in [-0.05, 0) is 25.7 Å². The number of H-pyrrole nitrogens is 1. The molecule has 128 valence electrons. The first-order valence-electron chi connectivity index (χ1n) is 8.59. The number of piperidine rings is 1. The van der Waals surface area contributed by atoms with Gasteiger partial charge in [0.1, 0.15) is 11.8 Å². The second-order valence-corrected chi connectivity index (χ2v) is 6.76. The van der Waals surface area contributed by atoms with E-state index in [0.29, 0.717) is 17.5 Å². The van der Waals surface area contributed by atoms with Gasteiger partial charge in [-0.2, -0.15) is 0 Å². The Balaban J connectivity index is 1.31. The van der Waals surface area contributed by atoms with E-state index in [1.165, 1.54) is 19.2 Å². The van der Waals surface area contributed by atoms with Gasteiger partial charge in [-0.3, -0.25) is 4.79 Å². The summed E-state index contributed by atoms with van der Waals surface area (Å²) in [5.41, 5.74) is 1.37. The molecule has 2 aromatic rings. The molecule has 2 aromatic heterocycles. The number of carbonyl (C=O) groups is 1. The molecule has 0 atom stereocenters. The largest absolute Gasteiger partial charge is 0.352 e. The number of hydrogen-bond acceptors (Lipinski definition) is 6. The number of carbonyl (C=O) groups excluding carboxylic acids is 1. The van der Waals surface area contributed by atoms with Gasteiger partial charge >= 0.3 is 0 Å². The number of anilines is 1. The molecule has 2 aliphatic rings. The third kappa shape index (κ3) is 3.19. The Kier molecular flexibility index (Phi) is 4.05. The summed E-state index contributed by atoms with van der Waals surface area (Å²) in [5, 5.41) is 3.16. The lowest BCUT2D eigenvalue weighted by atomic mass is 10.0. The van der Waals surface area contributed by atoms with Crippen molar-refractivity contribution in [2.75, 3.05) is 31.6 Å². The van der Waals surface area contributed by atoms with Gasteiger partial charge in [0.2, 0.25) is 5.91 Å². The maximum atomic E-state index is 12.4. The number of aromatic nitrogens is 4. The standard InChI is InChI=1S/C16H23N7O/c1-22(16-14-15(18-9-17-14)19-10-20-16)8-13(24)21-11-4-6-23(7-5-11)12-2-3-12/h9-12H,2-8H2,1H3,(H,21,24)(H,17,18,19,20). The number of aromatic amines is 1. The summed E-state index contributed by atoms with van der Waals surface area (Å²) in [7, 11) is 1.86. The molecule has 2 N–H and O–H groups in total. The summed E-state index contributed by atoms with van der Waals surface area (Å²) in [6.07, 6.45) is 7.85. The Bertz CT molecular complexity index is 718. The van der Waals surface area contributed by atoms with Crippen LogP contribution in [0.1, 0.15) is 25.7 Å². The molecule has 2 fully saturated rings. The number of imidazole rings is 1. The molecule has 8 nitrogen and oxygen atoms in total. The molecule has 24 heavy (non-hydrogen) atoms. The number of nitrogens with one attached hydrogen (secondary N) is 2. The zero-order chi connectivity index (χ0) is 16.5. The van der Waals surface area contributed by atoms with Crippen LogP contribution < -0.4 is 10.2 Å². The van der Waals surface area contributed by atoms with Crippen LogP contribution in [0.2, 0.25) is 0 Å². The highest BCUT2D eigenvalue weighted by Gasteiger charge is 2.32. The lowest BCUT2D eigenvalue weighted by Crippen LogP contribution is -2.47. The first-order valence-corrected chi connectivity index (χ1v) is 8.59. The number of fused-ring (bicyclic) bond motifs is 1. The Labute approximate surface area is 140 Å². The van der Waals surface area contributed by atoms with Gasteiger partial charge in [0.15, 0.2) is 11.5 Å². The highest BCUT2D eigenvalue weighted by atomic mass is 16.2. The number of rotatable bonds is 5. The fourth-order valence-electron chi connectivity index (χ4n) is 3.45.